The number of ether oxygens (including phenoxy) is 1. The van der Waals surface area contributed by atoms with Gasteiger partial charge in [-0.2, -0.15) is 9.49 Å². The van der Waals surface area contributed by atoms with Crippen molar-refractivity contribution in [3.63, 3.8) is 0 Å². The summed E-state index contributed by atoms with van der Waals surface area (Å²) in [6.45, 7) is 7.28. The van der Waals surface area contributed by atoms with Crippen molar-refractivity contribution >= 4 is 22.6 Å². The molecule has 0 aliphatic rings. The van der Waals surface area contributed by atoms with Gasteiger partial charge in [-0.15, -0.1) is 0 Å². The second-order valence-corrected chi connectivity index (χ2v) is 8.49. The lowest BCUT2D eigenvalue weighted by Gasteiger charge is -2.18. The lowest BCUT2D eigenvalue weighted by Crippen LogP contribution is -2.12. The van der Waals surface area contributed by atoms with Crippen molar-refractivity contribution in [2.75, 3.05) is 0 Å². The maximum Gasteiger partial charge on any atom is 0.256 e. The molecule has 0 radical (unpaired) electrons. The number of aliphatic hydroxyl groups is 1. The summed E-state index contributed by atoms with van der Waals surface area (Å²) in [6.07, 6.45) is 2.08. The zero-order valence-electron chi connectivity index (χ0n) is 18.6. The number of nitrogens with zero attached hydrogens (tertiary/aromatic N) is 3. The van der Waals surface area contributed by atoms with Crippen molar-refractivity contribution in [2.45, 2.75) is 46.4 Å². The number of fused-ring (bicyclic) bond motifs is 1. The number of pyridine rings is 1. The van der Waals surface area contributed by atoms with Gasteiger partial charge in [0.05, 0.1) is 29.8 Å². The van der Waals surface area contributed by atoms with Crippen LogP contribution in [-0.4, -0.2) is 26.0 Å². The summed E-state index contributed by atoms with van der Waals surface area (Å²) in [4.78, 5) is 16.8. The average molecular weight is 472 g/mol. The summed E-state index contributed by atoms with van der Waals surface area (Å²) in [7, 11) is 0. The fraction of sp³-hybridized carbons (Fsp3) is 0.292. The van der Waals surface area contributed by atoms with Crippen LogP contribution in [-0.2, 0) is 6.54 Å². The SMILES string of the molecule is Cc1cc([C@@H](C)Oc2ccc(Cl)nc2F)c2oc(-c3cnn(C[C@H](C)O)c3)c(C)c(=O)c2c1. The van der Waals surface area contributed by atoms with E-state index in [0.29, 0.717) is 40.0 Å². The normalized spacial score (nSPS) is 13.3. The average Bonchev–Trinajstić information content (AvgIpc) is 3.20. The van der Waals surface area contributed by atoms with Crippen LogP contribution in [0, 0.1) is 19.8 Å². The molecule has 0 spiro atoms. The third-order valence-corrected chi connectivity index (χ3v) is 5.47. The predicted molar refractivity (Wildman–Crippen MR) is 123 cm³/mol. The molecule has 4 rings (SSSR count). The molecule has 172 valence electrons. The van der Waals surface area contributed by atoms with Crippen molar-refractivity contribution in [3.05, 3.63) is 74.7 Å². The van der Waals surface area contributed by atoms with E-state index in [-0.39, 0.29) is 16.3 Å². The Morgan fingerprint density at radius 2 is 2.03 bits per heavy atom. The van der Waals surface area contributed by atoms with Crippen molar-refractivity contribution in [1.29, 1.82) is 0 Å². The highest BCUT2D eigenvalue weighted by Crippen LogP contribution is 2.33. The number of hydrogen-bond acceptors (Lipinski definition) is 6. The summed E-state index contributed by atoms with van der Waals surface area (Å²) < 4.78 is 27.8. The standard InChI is InChI=1S/C24H23ClFN3O4/c1-12-7-17(15(4)32-19-5-6-20(25)28-24(19)26)23-18(8-12)21(31)14(3)22(33-23)16-9-27-29(11-16)10-13(2)30/h5-9,11,13,15,30H,10H2,1-4H3/t13-,15+/m0/s1. The van der Waals surface area contributed by atoms with Gasteiger partial charge in [-0.3, -0.25) is 9.48 Å². The number of aromatic nitrogens is 3. The summed E-state index contributed by atoms with van der Waals surface area (Å²) in [6, 6.07) is 6.44. The number of rotatable bonds is 6. The van der Waals surface area contributed by atoms with E-state index in [0.717, 1.165) is 5.56 Å². The highest BCUT2D eigenvalue weighted by Gasteiger charge is 2.21. The van der Waals surface area contributed by atoms with Crippen LogP contribution in [0.15, 0.2) is 45.9 Å². The molecule has 0 aliphatic carbocycles. The molecule has 3 aromatic heterocycles. The number of aryl methyl sites for hydroxylation is 1. The van der Waals surface area contributed by atoms with E-state index in [1.807, 2.05) is 13.0 Å². The van der Waals surface area contributed by atoms with Crippen molar-refractivity contribution in [1.82, 2.24) is 14.8 Å². The van der Waals surface area contributed by atoms with Gasteiger partial charge in [0.15, 0.2) is 11.2 Å². The molecule has 7 nitrogen and oxygen atoms in total. The van der Waals surface area contributed by atoms with Gasteiger partial charge in [0.2, 0.25) is 0 Å². The highest BCUT2D eigenvalue weighted by atomic mass is 35.5. The van der Waals surface area contributed by atoms with Crippen LogP contribution >= 0.6 is 11.6 Å². The molecule has 1 N–H and O–H groups in total. The summed E-state index contributed by atoms with van der Waals surface area (Å²) >= 11 is 5.73. The molecular weight excluding hydrogens is 449 g/mol. The molecule has 0 aliphatic heterocycles. The van der Waals surface area contributed by atoms with Gasteiger partial charge in [0, 0.05) is 17.3 Å². The molecule has 0 unspecified atom stereocenters. The van der Waals surface area contributed by atoms with E-state index in [1.165, 1.54) is 12.1 Å². The van der Waals surface area contributed by atoms with E-state index < -0.39 is 18.2 Å². The molecular formula is C24H23ClFN3O4. The van der Waals surface area contributed by atoms with Gasteiger partial charge >= 0.3 is 0 Å². The van der Waals surface area contributed by atoms with Crippen LogP contribution in [0.25, 0.3) is 22.3 Å². The molecule has 1 aromatic carbocycles. The van der Waals surface area contributed by atoms with E-state index in [9.17, 15) is 14.3 Å². The minimum atomic E-state index is -0.824. The Kier molecular flexibility index (Phi) is 6.23. The maximum atomic E-state index is 14.2. The first-order chi connectivity index (χ1) is 15.6. The Bertz CT molecular complexity index is 1400. The lowest BCUT2D eigenvalue weighted by molar-refractivity contribution is 0.168. The Morgan fingerprint density at radius 3 is 2.73 bits per heavy atom. The van der Waals surface area contributed by atoms with E-state index in [1.54, 1.807) is 43.9 Å². The minimum absolute atomic E-state index is 0.0239. The number of hydrogen-bond donors (Lipinski definition) is 1. The molecule has 0 bridgehead atoms. The van der Waals surface area contributed by atoms with Crippen molar-refractivity contribution < 1.29 is 18.7 Å². The third kappa shape index (κ3) is 4.62. The Morgan fingerprint density at radius 1 is 1.27 bits per heavy atom. The second kappa shape index (κ2) is 8.96. The van der Waals surface area contributed by atoms with Crippen molar-refractivity contribution in [3.8, 4) is 17.1 Å². The van der Waals surface area contributed by atoms with Crippen LogP contribution in [0.1, 0.15) is 36.6 Å². The lowest BCUT2D eigenvalue weighted by atomic mass is 10.0. The topological polar surface area (TPSA) is 90.4 Å². The van der Waals surface area contributed by atoms with Gasteiger partial charge < -0.3 is 14.3 Å². The molecule has 2 atom stereocenters. The Labute approximate surface area is 194 Å². The van der Waals surface area contributed by atoms with Crippen LogP contribution in [0.3, 0.4) is 0 Å². The number of aliphatic hydroxyl groups excluding tert-OH is 1. The Balaban J connectivity index is 1.83. The van der Waals surface area contributed by atoms with E-state index in [2.05, 4.69) is 10.1 Å². The maximum absolute atomic E-state index is 14.2. The van der Waals surface area contributed by atoms with Gasteiger partial charge in [0.25, 0.3) is 5.95 Å². The molecule has 0 fully saturated rings. The first-order valence-electron chi connectivity index (χ1n) is 10.4. The number of benzene rings is 1. The fourth-order valence-electron chi connectivity index (χ4n) is 3.74. The smallest absolute Gasteiger partial charge is 0.256 e. The molecule has 3 heterocycles. The fourth-order valence-corrected chi connectivity index (χ4v) is 3.87. The quantitative estimate of drug-likeness (QED) is 0.399. The molecule has 0 saturated heterocycles. The summed E-state index contributed by atoms with van der Waals surface area (Å²) in [5.41, 5.74) is 2.66. The largest absolute Gasteiger partial charge is 0.481 e. The van der Waals surface area contributed by atoms with Gasteiger partial charge in [0.1, 0.15) is 22.6 Å². The first kappa shape index (κ1) is 22.9. The first-order valence-corrected chi connectivity index (χ1v) is 10.8. The van der Waals surface area contributed by atoms with Crippen LogP contribution < -0.4 is 10.2 Å². The van der Waals surface area contributed by atoms with Crippen LogP contribution in [0.5, 0.6) is 5.75 Å². The summed E-state index contributed by atoms with van der Waals surface area (Å²) in [5.74, 6) is -0.508. The monoisotopic (exact) mass is 471 g/mol. The predicted octanol–water partition coefficient (Wildman–Crippen LogP) is 4.98. The van der Waals surface area contributed by atoms with Crippen LogP contribution in [0.4, 0.5) is 4.39 Å². The van der Waals surface area contributed by atoms with Gasteiger partial charge in [-0.05, 0) is 57.5 Å². The molecule has 0 amide bonds. The highest BCUT2D eigenvalue weighted by molar-refractivity contribution is 6.29. The zero-order valence-corrected chi connectivity index (χ0v) is 19.4. The second-order valence-electron chi connectivity index (χ2n) is 8.10. The van der Waals surface area contributed by atoms with Crippen LogP contribution in [0.2, 0.25) is 5.15 Å². The van der Waals surface area contributed by atoms with Gasteiger partial charge in [-0.1, -0.05) is 11.6 Å². The number of halogens is 2. The third-order valence-electron chi connectivity index (χ3n) is 5.26. The molecule has 9 heteroatoms. The van der Waals surface area contributed by atoms with E-state index in [4.69, 9.17) is 20.8 Å². The molecule has 33 heavy (non-hydrogen) atoms. The van der Waals surface area contributed by atoms with Crippen molar-refractivity contribution in [2.24, 2.45) is 0 Å². The molecule has 0 saturated carbocycles. The minimum Gasteiger partial charge on any atom is -0.481 e. The Hall–Kier alpha value is -3.23. The zero-order chi connectivity index (χ0) is 23.9. The summed E-state index contributed by atoms with van der Waals surface area (Å²) in [5, 5.41) is 14.3. The van der Waals surface area contributed by atoms with Gasteiger partial charge in [-0.25, -0.2) is 4.98 Å². The molecule has 4 aromatic rings. The van der Waals surface area contributed by atoms with E-state index >= 15 is 0 Å².